The van der Waals surface area contributed by atoms with Gasteiger partial charge in [0.05, 0.1) is 6.42 Å². The third kappa shape index (κ3) is 5.00. The number of benzene rings is 3. The lowest BCUT2D eigenvalue weighted by Gasteiger charge is -2.37. The van der Waals surface area contributed by atoms with E-state index in [2.05, 4.69) is 16.4 Å². The lowest BCUT2D eigenvalue weighted by molar-refractivity contribution is -0.143. The predicted molar refractivity (Wildman–Crippen MR) is 149 cm³/mol. The number of para-hydroxylation sites is 1. The zero-order valence-electron chi connectivity index (χ0n) is 21.5. The van der Waals surface area contributed by atoms with Crippen molar-refractivity contribution in [1.29, 1.82) is 0 Å². The van der Waals surface area contributed by atoms with Crippen molar-refractivity contribution in [3.63, 3.8) is 0 Å². The Kier molecular flexibility index (Phi) is 6.57. The van der Waals surface area contributed by atoms with Crippen molar-refractivity contribution in [2.24, 2.45) is 7.05 Å². The van der Waals surface area contributed by atoms with Crippen LogP contribution in [-0.2, 0) is 29.5 Å². The van der Waals surface area contributed by atoms with E-state index in [1.165, 1.54) is 0 Å². The molecule has 2 heterocycles. The molecule has 0 spiro atoms. The van der Waals surface area contributed by atoms with E-state index in [1.54, 1.807) is 4.90 Å². The number of fused-ring (bicyclic) bond motifs is 2. The van der Waals surface area contributed by atoms with Crippen molar-refractivity contribution in [3.05, 3.63) is 102 Å². The van der Waals surface area contributed by atoms with Crippen LogP contribution in [0.15, 0.2) is 91.3 Å². The van der Waals surface area contributed by atoms with Crippen LogP contribution < -0.4 is 5.32 Å². The second-order valence-electron chi connectivity index (χ2n) is 10.0. The first-order valence-corrected chi connectivity index (χ1v) is 12.6. The average molecular weight is 493 g/mol. The molecule has 6 heteroatoms. The number of rotatable bonds is 8. The van der Waals surface area contributed by atoms with Crippen LogP contribution in [0.4, 0.5) is 5.69 Å². The van der Waals surface area contributed by atoms with Gasteiger partial charge in [-0.1, -0.05) is 48.5 Å². The average Bonchev–Trinajstić information content (AvgIpc) is 3.47. The third-order valence-electron chi connectivity index (χ3n) is 7.15. The molecule has 0 saturated heterocycles. The van der Waals surface area contributed by atoms with Gasteiger partial charge < -0.3 is 19.8 Å². The Hall–Kier alpha value is -4.32. The maximum atomic E-state index is 13.7. The molecule has 5 aromatic rings. The SMILES string of the molecule is Cn1ccc2cc(NC(=O)C(C)(C)N(CCc3c[nH]c4ccccc34)C(=O)Cc3ccccc3)ccc21. The normalized spacial score (nSPS) is 11.6. The molecule has 3 aromatic carbocycles. The van der Waals surface area contributed by atoms with Crippen LogP contribution in [0.25, 0.3) is 21.8 Å². The lowest BCUT2D eigenvalue weighted by Crippen LogP contribution is -2.56. The number of nitrogens with zero attached hydrogens (tertiary/aromatic N) is 2. The summed E-state index contributed by atoms with van der Waals surface area (Å²) in [7, 11) is 1.99. The molecule has 2 amide bonds. The van der Waals surface area contributed by atoms with Gasteiger partial charge in [-0.2, -0.15) is 0 Å². The summed E-state index contributed by atoms with van der Waals surface area (Å²) >= 11 is 0. The van der Waals surface area contributed by atoms with Gasteiger partial charge in [0.1, 0.15) is 5.54 Å². The number of aromatic nitrogens is 2. The molecule has 0 radical (unpaired) electrons. The molecule has 0 unspecified atom stereocenters. The number of H-pyrrole nitrogens is 1. The second-order valence-corrected chi connectivity index (χ2v) is 10.0. The summed E-state index contributed by atoms with van der Waals surface area (Å²) in [5.74, 6) is -0.298. The van der Waals surface area contributed by atoms with E-state index in [0.717, 1.165) is 32.9 Å². The number of hydrogen-bond acceptors (Lipinski definition) is 2. The number of carbonyl (C=O) groups excluding carboxylic acids is 2. The van der Waals surface area contributed by atoms with E-state index in [0.29, 0.717) is 18.7 Å². The summed E-state index contributed by atoms with van der Waals surface area (Å²) < 4.78 is 2.04. The smallest absolute Gasteiger partial charge is 0.249 e. The highest BCUT2D eigenvalue weighted by atomic mass is 16.2. The summed E-state index contributed by atoms with van der Waals surface area (Å²) in [4.78, 5) is 32.3. The van der Waals surface area contributed by atoms with E-state index < -0.39 is 5.54 Å². The Morgan fingerprint density at radius 2 is 1.73 bits per heavy atom. The van der Waals surface area contributed by atoms with Gasteiger partial charge in [0.15, 0.2) is 0 Å². The monoisotopic (exact) mass is 492 g/mol. The van der Waals surface area contributed by atoms with Gasteiger partial charge >= 0.3 is 0 Å². The molecule has 188 valence electrons. The molecule has 6 nitrogen and oxygen atoms in total. The van der Waals surface area contributed by atoms with Crippen molar-refractivity contribution in [2.75, 3.05) is 11.9 Å². The fourth-order valence-corrected chi connectivity index (χ4v) is 4.92. The fraction of sp³-hybridized carbons (Fsp3) is 0.226. The molecule has 37 heavy (non-hydrogen) atoms. The van der Waals surface area contributed by atoms with Crippen molar-refractivity contribution in [3.8, 4) is 0 Å². The van der Waals surface area contributed by atoms with Crippen LogP contribution in [-0.4, -0.2) is 38.3 Å². The first-order chi connectivity index (χ1) is 17.8. The Morgan fingerprint density at radius 3 is 2.54 bits per heavy atom. The van der Waals surface area contributed by atoms with Gasteiger partial charge in [0.25, 0.3) is 0 Å². The molecule has 2 N–H and O–H groups in total. The van der Waals surface area contributed by atoms with E-state index >= 15 is 0 Å². The molecule has 0 atom stereocenters. The minimum Gasteiger partial charge on any atom is -0.361 e. The third-order valence-corrected chi connectivity index (χ3v) is 7.15. The summed E-state index contributed by atoms with van der Waals surface area (Å²) in [6.07, 6.45) is 4.86. The van der Waals surface area contributed by atoms with Gasteiger partial charge in [-0.05, 0) is 61.7 Å². The summed E-state index contributed by atoms with van der Waals surface area (Å²) in [6, 6.07) is 25.7. The zero-order chi connectivity index (χ0) is 26.0. The minimum atomic E-state index is -1.07. The van der Waals surface area contributed by atoms with Crippen LogP contribution in [0, 0.1) is 0 Å². The molecule has 0 bridgehead atoms. The molecule has 5 rings (SSSR count). The molecular formula is C31H32N4O2. The number of aromatic amines is 1. The Bertz CT molecular complexity index is 1560. The Labute approximate surface area is 216 Å². The molecular weight excluding hydrogens is 460 g/mol. The van der Waals surface area contributed by atoms with Gasteiger partial charge in [-0.3, -0.25) is 9.59 Å². The lowest BCUT2D eigenvalue weighted by atomic mass is 9.98. The van der Waals surface area contributed by atoms with Gasteiger partial charge in [-0.15, -0.1) is 0 Å². The maximum absolute atomic E-state index is 13.7. The van der Waals surface area contributed by atoms with Crippen molar-refractivity contribution in [2.45, 2.75) is 32.2 Å². The van der Waals surface area contributed by atoms with Crippen LogP contribution in [0.5, 0.6) is 0 Å². The van der Waals surface area contributed by atoms with Crippen LogP contribution in [0.2, 0.25) is 0 Å². The molecule has 0 fully saturated rings. The summed E-state index contributed by atoms with van der Waals surface area (Å²) in [5.41, 5.74) is 3.85. The number of aryl methyl sites for hydroxylation is 1. The number of anilines is 1. The Balaban J connectivity index is 1.40. The number of nitrogens with one attached hydrogen (secondary N) is 2. The second kappa shape index (κ2) is 9.97. The number of amides is 2. The first kappa shape index (κ1) is 24.4. The summed E-state index contributed by atoms with van der Waals surface area (Å²) in [5, 5.41) is 5.24. The van der Waals surface area contributed by atoms with Gasteiger partial charge in [-0.25, -0.2) is 0 Å². The largest absolute Gasteiger partial charge is 0.361 e. The van der Waals surface area contributed by atoms with Crippen molar-refractivity contribution in [1.82, 2.24) is 14.5 Å². The molecule has 0 aliphatic rings. The van der Waals surface area contributed by atoms with Gasteiger partial charge in [0.2, 0.25) is 11.8 Å². The van der Waals surface area contributed by atoms with Crippen LogP contribution in [0.1, 0.15) is 25.0 Å². The van der Waals surface area contributed by atoms with Crippen LogP contribution >= 0.6 is 0 Å². The number of hydrogen-bond donors (Lipinski definition) is 2. The van der Waals surface area contributed by atoms with Crippen molar-refractivity contribution >= 4 is 39.3 Å². The van der Waals surface area contributed by atoms with Crippen molar-refractivity contribution < 1.29 is 9.59 Å². The van der Waals surface area contributed by atoms with E-state index in [1.807, 2.05) is 111 Å². The van der Waals surface area contributed by atoms with E-state index in [-0.39, 0.29) is 18.2 Å². The zero-order valence-corrected chi connectivity index (χ0v) is 21.5. The fourth-order valence-electron chi connectivity index (χ4n) is 4.92. The molecule has 2 aromatic heterocycles. The highest BCUT2D eigenvalue weighted by Gasteiger charge is 2.37. The molecule has 0 aliphatic carbocycles. The standard InChI is InChI=1S/C31H32N4O2/c1-31(2,30(37)33-25-13-14-28-23(20-25)15-17-34(28)3)35(29(36)19-22-9-5-4-6-10-22)18-16-24-21-32-27-12-8-7-11-26(24)27/h4-15,17,20-21,32H,16,18-19H2,1-3H3,(H,33,37). The highest BCUT2D eigenvalue weighted by Crippen LogP contribution is 2.25. The van der Waals surface area contributed by atoms with Crippen LogP contribution in [0.3, 0.4) is 0 Å². The quantitative estimate of drug-likeness (QED) is 0.292. The van der Waals surface area contributed by atoms with Gasteiger partial charge in [0, 0.05) is 53.5 Å². The maximum Gasteiger partial charge on any atom is 0.249 e. The molecule has 0 saturated carbocycles. The predicted octanol–water partition coefficient (Wildman–Crippen LogP) is 5.69. The topological polar surface area (TPSA) is 70.1 Å². The summed E-state index contributed by atoms with van der Waals surface area (Å²) in [6.45, 7) is 4.06. The number of carbonyl (C=O) groups is 2. The highest BCUT2D eigenvalue weighted by molar-refractivity contribution is 6.01. The van der Waals surface area contributed by atoms with E-state index in [9.17, 15) is 9.59 Å². The minimum absolute atomic E-state index is 0.0790. The Morgan fingerprint density at radius 1 is 0.973 bits per heavy atom. The van der Waals surface area contributed by atoms with E-state index in [4.69, 9.17) is 0 Å². The first-order valence-electron chi connectivity index (χ1n) is 12.6. The molecule has 0 aliphatic heterocycles.